The van der Waals surface area contributed by atoms with E-state index in [2.05, 4.69) is 16.5 Å². The predicted octanol–water partition coefficient (Wildman–Crippen LogP) is 1.60. The highest BCUT2D eigenvalue weighted by Crippen LogP contribution is 2.41. The van der Waals surface area contributed by atoms with E-state index in [9.17, 15) is 4.79 Å². The Morgan fingerprint density at radius 3 is 2.82 bits per heavy atom. The molecule has 0 bridgehead atoms. The van der Waals surface area contributed by atoms with Crippen molar-refractivity contribution in [2.24, 2.45) is 10.9 Å². The van der Waals surface area contributed by atoms with Crippen molar-refractivity contribution in [2.75, 3.05) is 0 Å². The molecule has 1 atom stereocenters. The molecule has 1 aliphatic rings. The van der Waals surface area contributed by atoms with Gasteiger partial charge in [-0.15, -0.1) is 0 Å². The highest BCUT2D eigenvalue weighted by atomic mass is 16.1. The summed E-state index contributed by atoms with van der Waals surface area (Å²) in [6.07, 6.45) is 1.21. The molecule has 0 fully saturated rings. The molecule has 0 saturated heterocycles. The molecule has 1 aromatic carbocycles. The minimum Gasteiger partial charge on any atom is -0.322 e. The van der Waals surface area contributed by atoms with Gasteiger partial charge in [-0.1, -0.05) is 31.2 Å². The number of nitrogens with two attached hydrogens (primary N) is 1. The van der Waals surface area contributed by atoms with Crippen molar-refractivity contribution in [1.29, 1.82) is 0 Å². The Morgan fingerprint density at radius 1 is 1.47 bits per heavy atom. The van der Waals surface area contributed by atoms with Crippen molar-refractivity contribution in [1.82, 2.24) is 5.32 Å². The summed E-state index contributed by atoms with van der Waals surface area (Å²) in [5.74, 6) is 4.94. The van der Waals surface area contributed by atoms with Crippen molar-refractivity contribution < 1.29 is 4.79 Å². The van der Waals surface area contributed by atoms with Crippen LogP contribution in [0.2, 0.25) is 0 Å². The summed E-state index contributed by atoms with van der Waals surface area (Å²) in [5.41, 5.74) is 4.15. The summed E-state index contributed by atoms with van der Waals surface area (Å²) in [6, 6.07) is 8.07. The van der Waals surface area contributed by atoms with Crippen LogP contribution >= 0.6 is 0 Å². The van der Waals surface area contributed by atoms with Gasteiger partial charge in [0.05, 0.1) is 0 Å². The molecule has 0 spiro atoms. The zero-order chi connectivity index (χ0) is 12.4. The Bertz CT molecular complexity index is 517. The van der Waals surface area contributed by atoms with Gasteiger partial charge in [0.2, 0.25) is 0 Å². The summed E-state index contributed by atoms with van der Waals surface area (Å²) in [7, 11) is 0. The van der Waals surface area contributed by atoms with Crippen LogP contribution < -0.4 is 11.2 Å². The van der Waals surface area contributed by atoms with E-state index < -0.39 is 0 Å². The van der Waals surface area contributed by atoms with E-state index in [-0.39, 0.29) is 11.8 Å². The van der Waals surface area contributed by atoms with Gasteiger partial charge >= 0.3 is 0 Å². The second-order valence-electron chi connectivity index (χ2n) is 4.10. The maximum atomic E-state index is 12.0. The van der Waals surface area contributed by atoms with Crippen molar-refractivity contribution in [3.8, 4) is 0 Å². The Labute approximate surface area is 100 Å². The fourth-order valence-corrected chi connectivity index (χ4v) is 2.38. The normalized spacial score (nSPS) is 18.6. The molecule has 0 radical (unpaired) electrons. The molecule has 1 aliphatic carbocycles. The maximum Gasteiger partial charge on any atom is 0.253 e. The van der Waals surface area contributed by atoms with Crippen LogP contribution in [0, 0.1) is 0 Å². The van der Waals surface area contributed by atoms with Gasteiger partial charge in [-0.2, -0.15) is 5.10 Å². The quantitative estimate of drug-likeness (QED) is 0.350. The van der Waals surface area contributed by atoms with Gasteiger partial charge in [0, 0.05) is 11.5 Å². The standard InChI is InChI=1S/C13H15N3O/c1-8-10-5-3-4-6-11(10)9(2)12(8)13(17)15-7-16-14/h3-8H,14H2,1-2H3,(H,15,16,17). The number of amides is 1. The van der Waals surface area contributed by atoms with Crippen molar-refractivity contribution >= 4 is 17.8 Å². The van der Waals surface area contributed by atoms with Crippen molar-refractivity contribution in [3.63, 3.8) is 0 Å². The summed E-state index contributed by atoms with van der Waals surface area (Å²) < 4.78 is 0. The number of allylic oxidation sites excluding steroid dienone is 1. The summed E-state index contributed by atoms with van der Waals surface area (Å²) in [4.78, 5) is 12.0. The Balaban J connectivity index is 2.38. The third-order valence-corrected chi connectivity index (χ3v) is 3.18. The molecule has 2 rings (SSSR count). The number of benzene rings is 1. The monoisotopic (exact) mass is 229 g/mol. The average molecular weight is 229 g/mol. The van der Waals surface area contributed by atoms with Crippen LogP contribution in [0.25, 0.3) is 5.57 Å². The summed E-state index contributed by atoms with van der Waals surface area (Å²) in [5, 5.41) is 5.82. The first-order valence-electron chi connectivity index (χ1n) is 5.49. The summed E-state index contributed by atoms with van der Waals surface area (Å²) >= 11 is 0. The van der Waals surface area contributed by atoms with E-state index in [4.69, 9.17) is 5.84 Å². The third kappa shape index (κ3) is 1.82. The Kier molecular flexibility index (Phi) is 2.95. The molecule has 4 heteroatoms. The number of carbonyl (C=O) groups is 1. The molecular formula is C13H15N3O. The zero-order valence-electron chi connectivity index (χ0n) is 9.90. The first kappa shape index (κ1) is 11.4. The van der Waals surface area contributed by atoms with Gasteiger partial charge in [-0.05, 0) is 23.6 Å². The number of hydrogen-bond acceptors (Lipinski definition) is 3. The lowest BCUT2D eigenvalue weighted by atomic mass is 9.97. The fraction of sp³-hybridized carbons (Fsp3) is 0.231. The molecule has 1 aromatic rings. The second kappa shape index (κ2) is 4.41. The highest BCUT2D eigenvalue weighted by molar-refractivity contribution is 6.08. The zero-order valence-corrected chi connectivity index (χ0v) is 9.90. The van der Waals surface area contributed by atoms with Gasteiger partial charge in [-0.3, -0.25) is 4.79 Å². The van der Waals surface area contributed by atoms with Crippen LogP contribution in [0.3, 0.4) is 0 Å². The second-order valence-corrected chi connectivity index (χ2v) is 4.10. The SMILES string of the molecule is CC1=C(C(=O)NC=NN)C(C)c2ccccc21. The molecule has 3 N–H and O–H groups in total. The predicted molar refractivity (Wildman–Crippen MR) is 68.3 cm³/mol. The molecular weight excluding hydrogens is 214 g/mol. The lowest BCUT2D eigenvalue weighted by Crippen LogP contribution is -2.25. The molecule has 0 saturated carbocycles. The van der Waals surface area contributed by atoms with E-state index in [0.717, 1.165) is 16.7 Å². The van der Waals surface area contributed by atoms with Crippen LogP contribution in [0.5, 0.6) is 0 Å². The Morgan fingerprint density at radius 2 is 2.18 bits per heavy atom. The number of rotatable bonds is 2. The molecule has 17 heavy (non-hydrogen) atoms. The van der Waals surface area contributed by atoms with E-state index in [0.29, 0.717) is 0 Å². The van der Waals surface area contributed by atoms with E-state index in [1.54, 1.807) is 0 Å². The van der Waals surface area contributed by atoms with Crippen molar-refractivity contribution in [3.05, 3.63) is 41.0 Å². The van der Waals surface area contributed by atoms with E-state index in [1.165, 1.54) is 11.9 Å². The minimum absolute atomic E-state index is 0.109. The summed E-state index contributed by atoms with van der Waals surface area (Å²) in [6.45, 7) is 4.00. The molecule has 88 valence electrons. The molecule has 0 heterocycles. The first-order valence-corrected chi connectivity index (χ1v) is 5.49. The number of nitrogens with zero attached hydrogens (tertiary/aromatic N) is 1. The lowest BCUT2D eigenvalue weighted by Gasteiger charge is -2.09. The smallest absolute Gasteiger partial charge is 0.253 e. The van der Waals surface area contributed by atoms with Crippen LogP contribution in [0.15, 0.2) is 34.9 Å². The Hall–Kier alpha value is -2.10. The maximum absolute atomic E-state index is 12.0. The molecule has 1 amide bonds. The number of nitrogens with one attached hydrogen (secondary N) is 1. The largest absolute Gasteiger partial charge is 0.322 e. The van der Waals surface area contributed by atoms with Crippen molar-refractivity contribution in [2.45, 2.75) is 19.8 Å². The molecule has 0 aromatic heterocycles. The van der Waals surface area contributed by atoms with E-state index >= 15 is 0 Å². The number of hydrazone groups is 1. The average Bonchev–Trinajstić information content (AvgIpc) is 2.60. The molecule has 1 unspecified atom stereocenters. The van der Waals surface area contributed by atoms with Crippen LogP contribution in [-0.4, -0.2) is 12.2 Å². The van der Waals surface area contributed by atoms with Gasteiger partial charge in [0.15, 0.2) is 0 Å². The number of fused-ring (bicyclic) bond motifs is 1. The molecule has 4 nitrogen and oxygen atoms in total. The van der Waals surface area contributed by atoms with Crippen LogP contribution in [-0.2, 0) is 4.79 Å². The van der Waals surface area contributed by atoms with Gasteiger partial charge < -0.3 is 11.2 Å². The van der Waals surface area contributed by atoms with Gasteiger partial charge in [0.25, 0.3) is 5.91 Å². The number of carbonyl (C=O) groups excluding carboxylic acids is 1. The molecule has 0 aliphatic heterocycles. The topological polar surface area (TPSA) is 67.5 Å². The van der Waals surface area contributed by atoms with Crippen LogP contribution in [0.1, 0.15) is 30.9 Å². The van der Waals surface area contributed by atoms with Gasteiger partial charge in [-0.25, -0.2) is 0 Å². The number of hydrogen-bond donors (Lipinski definition) is 2. The third-order valence-electron chi connectivity index (χ3n) is 3.18. The minimum atomic E-state index is -0.139. The van der Waals surface area contributed by atoms with Crippen LogP contribution in [0.4, 0.5) is 0 Å². The lowest BCUT2D eigenvalue weighted by molar-refractivity contribution is -0.116. The fourth-order valence-electron chi connectivity index (χ4n) is 2.38. The van der Waals surface area contributed by atoms with E-state index in [1.807, 2.05) is 32.0 Å². The first-order chi connectivity index (χ1) is 8.16. The highest BCUT2D eigenvalue weighted by Gasteiger charge is 2.29. The van der Waals surface area contributed by atoms with Gasteiger partial charge in [0.1, 0.15) is 6.34 Å².